The first-order chi connectivity index (χ1) is 20.6. The first-order valence-electron chi connectivity index (χ1n) is 12.7. The fourth-order valence-electron chi connectivity index (χ4n) is 4.04. The van der Waals surface area contributed by atoms with Crippen molar-refractivity contribution in [1.29, 1.82) is 0 Å². The van der Waals surface area contributed by atoms with E-state index in [0.29, 0.717) is 5.56 Å². The summed E-state index contributed by atoms with van der Waals surface area (Å²) in [7, 11) is -2.58. The molecule has 16 heteroatoms. The molecule has 3 heterocycles. The zero-order valence-corrected chi connectivity index (χ0v) is 25.2. The maximum atomic E-state index is 14.4. The standard InChI is InChI=1S/C27H26BrFN5O8P/c1-16-41-22(24(42-16)18-6-7-21(37-2)20(29)11-18)13-40-43(36,39-12-17-4-3-5-19(28)10-17)15-38-9-8-34-14-31-23-25(34)32-27(30)33-26(23)35/h3-7,10-11,14H,1,8-9,12-13,15H2,2H3,(H3,30,32,33,35). The molecule has 0 saturated carbocycles. The van der Waals surface area contributed by atoms with E-state index in [4.69, 9.17) is 33.7 Å². The van der Waals surface area contributed by atoms with Gasteiger partial charge < -0.3 is 33.8 Å². The number of aromatic nitrogens is 4. The van der Waals surface area contributed by atoms with Gasteiger partial charge in [-0.05, 0) is 42.5 Å². The topological polar surface area (TPSA) is 162 Å². The molecule has 2 aromatic carbocycles. The van der Waals surface area contributed by atoms with Crippen LogP contribution in [0.4, 0.5) is 10.3 Å². The van der Waals surface area contributed by atoms with Crippen LogP contribution in [0, 0.1) is 5.82 Å². The summed E-state index contributed by atoms with van der Waals surface area (Å²) in [5.41, 5.74) is 6.66. The number of rotatable bonds is 13. The largest absolute Gasteiger partial charge is 0.494 e. The highest BCUT2D eigenvalue weighted by molar-refractivity contribution is 9.10. The van der Waals surface area contributed by atoms with Crippen LogP contribution in [0.1, 0.15) is 11.1 Å². The number of ether oxygens (including phenoxy) is 4. The second kappa shape index (κ2) is 13.1. The van der Waals surface area contributed by atoms with Crippen molar-refractivity contribution in [3.05, 3.63) is 98.8 Å². The van der Waals surface area contributed by atoms with Crippen LogP contribution in [-0.4, -0.2) is 46.2 Å². The lowest BCUT2D eigenvalue weighted by molar-refractivity contribution is 0.115. The molecule has 1 atom stereocenters. The van der Waals surface area contributed by atoms with E-state index >= 15 is 0 Å². The third-order valence-corrected chi connectivity index (χ3v) is 8.09. The summed E-state index contributed by atoms with van der Waals surface area (Å²) >= 11 is 3.40. The lowest BCUT2D eigenvalue weighted by Crippen LogP contribution is -2.13. The molecule has 13 nitrogen and oxygen atoms in total. The fraction of sp³-hybridized carbons (Fsp3) is 0.222. The number of hydrogen-bond acceptors (Lipinski definition) is 11. The van der Waals surface area contributed by atoms with E-state index in [0.717, 1.165) is 10.0 Å². The van der Waals surface area contributed by atoms with Crippen molar-refractivity contribution < 1.29 is 37.0 Å². The minimum Gasteiger partial charge on any atom is -0.494 e. The monoisotopic (exact) mass is 677 g/mol. The molecule has 0 radical (unpaired) electrons. The van der Waals surface area contributed by atoms with Gasteiger partial charge in [0.2, 0.25) is 5.95 Å². The molecule has 0 amide bonds. The summed E-state index contributed by atoms with van der Waals surface area (Å²) in [5, 5.41) is 0. The quantitative estimate of drug-likeness (QED) is 0.146. The lowest BCUT2D eigenvalue weighted by Gasteiger charge is -2.19. The van der Waals surface area contributed by atoms with Gasteiger partial charge in [-0.25, -0.2) is 9.37 Å². The average molecular weight is 678 g/mol. The first-order valence-corrected chi connectivity index (χ1v) is 15.2. The smallest absolute Gasteiger partial charge is 0.356 e. The number of halogens is 2. The van der Waals surface area contributed by atoms with E-state index in [1.165, 1.54) is 25.6 Å². The zero-order chi connectivity index (χ0) is 30.6. The Labute approximate surface area is 252 Å². The van der Waals surface area contributed by atoms with E-state index in [9.17, 15) is 13.8 Å². The number of aromatic amines is 1. The predicted molar refractivity (Wildman–Crippen MR) is 157 cm³/mol. The van der Waals surface area contributed by atoms with Crippen LogP contribution in [0.25, 0.3) is 16.9 Å². The highest BCUT2D eigenvalue weighted by Crippen LogP contribution is 2.50. The van der Waals surface area contributed by atoms with Crippen LogP contribution in [0.5, 0.6) is 5.75 Å². The molecular formula is C27H26BrFN5O8P. The van der Waals surface area contributed by atoms with Gasteiger partial charge in [-0.3, -0.25) is 18.9 Å². The highest BCUT2D eigenvalue weighted by Gasteiger charge is 2.31. The number of nitrogens with zero attached hydrogens (tertiary/aromatic N) is 3. The number of methoxy groups -OCH3 is 1. The molecule has 0 spiro atoms. The number of H-pyrrole nitrogens is 1. The number of hydrogen-bond donors (Lipinski definition) is 2. The number of nitrogen functional groups attached to an aromatic ring is 1. The van der Waals surface area contributed by atoms with Gasteiger partial charge in [-0.15, -0.1) is 0 Å². The predicted octanol–water partition coefficient (Wildman–Crippen LogP) is 4.90. The maximum absolute atomic E-state index is 14.4. The lowest BCUT2D eigenvalue weighted by atomic mass is 10.1. The average Bonchev–Trinajstić information content (AvgIpc) is 3.56. The van der Waals surface area contributed by atoms with Gasteiger partial charge >= 0.3 is 7.60 Å². The molecule has 1 aliphatic heterocycles. The Balaban J connectivity index is 1.30. The van der Waals surface area contributed by atoms with Gasteiger partial charge in [-0.1, -0.05) is 28.1 Å². The molecule has 0 aliphatic carbocycles. The minimum atomic E-state index is -3.93. The molecule has 1 unspecified atom stereocenters. The highest BCUT2D eigenvalue weighted by atomic mass is 79.9. The molecule has 43 heavy (non-hydrogen) atoms. The van der Waals surface area contributed by atoms with E-state index in [2.05, 4.69) is 37.5 Å². The van der Waals surface area contributed by atoms with Crippen LogP contribution < -0.4 is 16.0 Å². The fourth-order valence-corrected chi connectivity index (χ4v) is 5.72. The number of anilines is 1. The molecule has 1 aliphatic rings. The van der Waals surface area contributed by atoms with Crippen LogP contribution in [0.15, 0.2) is 76.3 Å². The van der Waals surface area contributed by atoms with Crippen LogP contribution >= 0.6 is 23.5 Å². The molecule has 0 saturated heterocycles. The third-order valence-electron chi connectivity index (χ3n) is 6.05. The maximum Gasteiger partial charge on any atom is 0.356 e. The van der Waals surface area contributed by atoms with Gasteiger partial charge in [0.1, 0.15) is 13.0 Å². The number of fused-ring (bicyclic) bond motifs is 1. The second-order valence-electron chi connectivity index (χ2n) is 9.06. The summed E-state index contributed by atoms with van der Waals surface area (Å²) < 4.78 is 63.9. The van der Waals surface area contributed by atoms with Gasteiger partial charge in [-0.2, -0.15) is 4.98 Å². The third kappa shape index (κ3) is 7.32. The molecule has 0 bridgehead atoms. The minimum absolute atomic E-state index is 0.0438. The van der Waals surface area contributed by atoms with Crippen molar-refractivity contribution in [2.45, 2.75) is 13.2 Å². The van der Waals surface area contributed by atoms with Crippen molar-refractivity contribution in [2.24, 2.45) is 0 Å². The van der Waals surface area contributed by atoms with Gasteiger partial charge in [0.15, 0.2) is 34.2 Å². The Morgan fingerprint density at radius 3 is 2.77 bits per heavy atom. The molecule has 2 aromatic heterocycles. The Hall–Kier alpha value is -4.01. The summed E-state index contributed by atoms with van der Waals surface area (Å²) in [6.45, 7) is 3.51. The van der Waals surface area contributed by atoms with Crippen LogP contribution in [-0.2, 0) is 41.0 Å². The van der Waals surface area contributed by atoms with Crippen molar-refractivity contribution in [3.8, 4) is 5.75 Å². The van der Waals surface area contributed by atoms with Gasteiger partial charge in [0.05, 0.1) is 26.7 Å². The number of benzene rings is 2. The van der Waals surface area contributed by atoms with Crippen LogP contribution in [0.3, 0.4) is 0 Å². The van der Waals surface area contributed by atoms with Crippen molar-refractivity contribution in [1.82, 2.24) is 19.5 Å². The first kappa shape index (κ1) is 30.4. The van der Waals surface area contributed by atoms with Gasteiger partial charge in [0, 0.05) is 16.6 Å². The molecule has 5 rings (SSSR count). The molecular weight excluding hydrogens is 652 g/mol. The van der Waals surface area contributed by atoms with E-state index in [1.54, 1.807) is 16.7 Å². The molecule has 226 valence electrons. The zero-order valence-electron chi connectivity index (χ0n) is 22.7. The number of nitrogens with one attached hydrogen (secondary N) is 1. The van der Waals surface area contributed by atoms with Crippen LogP contribution in [0.2, 0.25) is 0 Å². The Morgan fingerprint density at radius 1 is 1.19 bits per heavy atom. The van der Waals surface area contributed by atoms with Crippen molar-refractivity contribution in [3.63, 3.8) is 0 Å². The molecule has 0 fully saturated rings. The Morgan fingerprint density at radius 2 is 2.00 bits per heavy atom. The summed E-state index contributed by atoms with van der Waals surface area (Å²) in [6.07, 6.45) is 1.00. The Kier molecular flexibility index (Phi) is 9.28. The van der Waals surface area contributed by atoms with E-state index in [-0.39, 0.29) is 66.7 Å². The SMILES string of the molecule is C=C1OC(COP(=O)(COCCn2cnc3c(=O)[nH]c(N)nc32)OCc2cccc(Br)c2)=C(c2ccc(OC)c(F)c2)O1. The van der Waals surface area contributed by atoms with E-state index in [1.807, 2.05) is 18.2 Å². The normalized spacial score (nSPS) is 14.5. The number of nitrogens with two attached hydrogens (primary N) is 1. The summed E-state index contributed by atoms with van der Waals surface area (Å²) in [6, 6.07) is 11.5. The van der Waals surface area contributed by atoms with E-state index < -0.39 is 25.3 Å². The summed E-state index contributed by atoms with van der Waals surface area (Å²) in [5.74, 6) is -0.424. The Bertz CT molecular complexity index is 1810. The van der Waals surface area contributed by atoms with Gasteiger partial charge in [0.25, 0.3) is 11.5 Å². The number of imidazole rings is 1. The second-order valence-corrected chi connectivity index (χ2v) is 12.0. The van der Waals surface area contributed by atoms with Crippen molar-refractivity contribution >= 4 is 46.4 Å². The molecule has 3 N–H and O–H groups in total. The summed E-state index contributed by atoms with van der Waals surface area (Å²) in [4.78, 5) is 22.6. The van der Waals surface area contributed by atoms with Crippen molar-refractivity contribution in [2.75, 3.05) is 32.4 Å². The molecule has 4 aromatic rings.